The van der Waals surface area contributed by atoms with Gasteiger partial charge in [-0.15, -0.1) is 0 Å². The molecule has 3 heteroatoms. The molecule has 90 valence electrons. The fraction of sp³-hybridized carbons (Fsp3) is 1.00. The summed E-state index contributed by atoms with van der Waals surface area (Å²) in [5.74, 6) is 0.733. The van der Waals surface area contributed by atoms with E-state index in [0.717, 1.165) is 17.7 Å². The number of aliphatic hydroxyl groups excluding tert-OH is 1. The molecule has 0 aliphatic heterocycles. The number of nitrogens with one attached hydrogen (secondary N) is 1. The zero-order valence-corrected chi connectivity index (χ0v) is 11.2. The van der Waals surface area contributed by atoms with Gasteiger partial charge in [0.05, 0.1) is 6.10 Å². The smallest absolute Gasteiger partial charge is 0.0628 e. The zero-order chi connectivity index (χ0) is 11.4. The lowest BCUT2D eigenvalue weighted by Gasteiger charge is -2.24. The SMILES string of the molecule is CCNC1CCC(SC(C)C(C)O)C1C. The fourth-order valence-electron chi connectivity index (χ4n) is 2.26. The maximum Gasteiger partial charge on any atom is 0.0628 e. The molecule has 0 spiro atoms. The summed E-state index contributed by atoms with van der Waals surface area (Å²) in [6, 6.07) is 0.689. The first-order valence-electron chi connectivity index (χ1n) is 6.13. The molecule has 1 aliphatic rings. The van der Waals surface area contributed by atoms with E-state index in [4.69, 9.17) is 0 Å². The van der Waals surface area contributed by atoms with E-state index in [9.17, 15) is 5.11 Å². The Balaban J connectivity index is 2.38. The van der Waals surface area contributed by atoms with E-state index in [1.165, 1.54) is 12.8 Å². The van der Waals surface area contributed by atoms with Crippen LogP contribution in [-0.4, -0.2) is 34.3 Å². The Hall–Kier alpha value is 0.270. The Bertz CT molecular complexity index is 186. The zero-order valence-electron chi connectivity index (χ0n) is 10.4. The van der Waals surface area contributed by atoms with Crippen molar-refractivity contribution in [2.45, 2.75) is 63.2 Å². The van der Waals surface area contributed by atoms with E-state index in [1.807, 2.05) is 18.7 Å². The largest absolute Gasteiger partial charge is 0.392 e. The quantitative estimate of drug-likeness (QED) is 0.761. The summed E-state index contributed by atoms with van der Waals surface area (Å²) in [7, 11) is 0. The minimum atomic E-state index is -0.194. The summed E-state index contributed by atoms with van der Waals surface area (Å²) in [6.45, 7) is 9.60. The minimum Gasteiger partial charge on any atom is -0.392 e. The van der Waals surface area contributed by atoms with Crippen LogP contribution >= 0.6 is 11.8 Å². The van der Waals surface area contributed by atoms with E-state index in [2.05, 4.69) is 26.1 Å². The highest BCUT2D eigenvalue weighted by Crippen LogP contribution is 2.37. The molecule has 0 saturated heterocycles. The Kier molecular flexibility index (Phi) is 5.44. The lowest BCUT2D eigenvalue weighted by Crippen LogP contribution is -2.33. The highest BCUT2D eigenvalue weighted by Gasteiger charge is 2.33. The third-order valence-corrected chi connectivity index (χ3v) is 5.36. The van der Waals surface area contributed by atoms with Gasteiger partial charge >= 0.3 is 0 Å². The second-order valence-corrected chi connectivity index (χ2v) is 6.34. The number of aliphatic hydroxyl groups is 1. The van der Waals surface area contributed by atoms with Crippen LogP contribution in [0.1, 0.15) is 40.5 Å². The van der Waals surface area contributed by atoms with Crippen molar-refractivity contribution in [3.05, 3.63) is 0 Å². The summed E-state index contributed by atoms with van der Waals surface area (Å²) >= 11 is 1.96. The average molecular weight is 231 g/mol. The van der Waals surface area contributed by atoms with Gasteiger partial charge in [0.1, 0.15) is 0 Å². The van der Waals surface area contributed by atoms with Crippen LogP contribution in [0.2, 0.25) is 0 Å². The van der Waals surface area contributed by atoms with Crippen LogP contribution in [0.3, 0.4) is 0 Å². The molecule has 0 aromatic carbocycles. The molecule has 2 N–H and O–H groups in total. The third-order valence-electron chi connectivity index (χ3n) is 3.52. The van der Waals surface area contributed by atoms with Crippen LogP contribution in [0.4, 0.5) is 0 Å². The number of rotatable bonds is 5. The maximum atomic E-state index is 9.50. The predicted octanol–water partition coefficient (Wildman–Crippen LogP) is 2.27. The number of thioether (sulfide) groups is 1. The van der Waals surface area contributed by atoms with E-state index in [0.29, 0.717) is 11.3 Å². The van der Waals surface area contributed by atoms with Crippen molar-refractivity contribution in [3.8, 4) is 0 Å². The minimum absolute atomic E-state index is 0.194. The van der Waals surface area contributed by atoms with Crippen LogP contribution in [0.25, 0.3) is 0 Å². The second kappa shape index (κ2) is 6.12. The highest BCUT2D eigenvalue weighted by molar-refractivity contribution is 8.00. The Labute approximate surface area is 98.2 Å². The van der Waals surface area contributed by atoms with Gasteiger partial charge in [-0.1, -0.05) is 20.8 Å². The summed E-state index contributed by atoms with van der Waals surface area (Å²) < 4.78 is 0. The van der Waals surface area contributed by atoms with Gasteiger partial charge in [-0.25, -0.2) is 0 Å². The van der Waals surface area contributed by atoms with E-state index < -0.39 is 0 Å². The molecule has 1 aliphatic carbocycles. The summed E-state index contributed by atoms with van der Waals surface area (Å²) in [4.78, 5) is 0. The molecule has 15 heavy (non-hydrogen) atoms. The van der Waals surface area contributed by atoms with Gasteiger partial charge in [0.15, 0.2) is 0 Å². The van der Waals surface area contributed by atoms with Crippen LogP contribution in [0.15, 0.2) is 0 Å². The van der Waals surface area contributed by atoms with Crippen molar-refractivity contribution in [1.29, 1.82) is 0 Å². The Morgan fingerprint density at radius 1 is 1.40 bits per heavy atom. The van der Waals surface area contributed by atoms with Crippen molar-refractivity contribution in [3.63, 3.8) is 0 Å². The first-order valence-corrected chi connectivity index (χ1v) is 7.07. The van der Waals surface area contributed by atoms with Crippen LogP contribution in [0.5, 0.6) is 0 Å². The van der Waals surface area contributed by atoms with Gasteiger partial charge in [-0.05, 0) is 32.2 Å². The molecule has 0 aromatic heterocycles. The van der Waals surface area contributed by atoms with E-state index >= 15 is 0 Å². The van der Waals surface area contributed by atoms with Gasteiger partial charge in [0.25, 0.3) is 0 Å². The standard InChI is InChI=1S/C12H25NOS/c1-5-13-11-6-7-12(8(11)2)15-10(4)9(3)14/h8-14H,5-7H2,1-4H3. The van der Waals surface area contributed by atoms with Crippen molar-refractivity contribution in [2.24, 2.45) is 5.92 Å². The van der Waals surface area contributed by atoms with Gasteiger partial charge in [-0.2, -0.15) is 11.8 Å². The molecular formula is C12H25NOS. The van der Waals surface area contributed by atoms with Crippen molar-refractivity contribution in [1.82, 2.24) is 5.32 Å². The lowest BCUT2D eigenvalue weighted by atomic mass is 10.1. The van der Waals surface area contributed by atoms with Crippen molar-refractivity contribution < 1.29 is 5.11 Å². The molecule has 1 rings (SSSR count). The highest BCUT2D eigenvalue weighted by atomic mass is 32.2. The Morgan fingerprint density at radius 3 is 2.60 bits per heavy atom. The van der Waals surface area contributed by atoms with Crippen molar-refractivity contribution in [2.75, 3.05) is 6.54 Å². The first kappa shape index (κ1) is 13.3. The average Bonchev–Trinajstić information content (AvgIpc) is 2.50. The van der Waals surface area contributed by atoms with Gasteiger partial charge in [0.2, 0.25) is 0 Å². The van der Waals surface area contributed by atoms with Crippen LogP contribution in [-0.2, 0) is 0 Å². The molecular weight excluding hydrogens is 206 g/mol. The van der Waals surface area contributed by atoms with Crippen LogP contribution in [0, 0.1) is 5.92 Å². The third kappa shape index (κ3) is 3.65. The summed E-state index contributed by atoms with van der Waals surface area (Å²) in [5, 5.41) is 14.1. The van der Waals surface area contributed by atoms with Gasteiger partial charge < -0.3 is 10.4 Å². The second-order valence-electron chi connectivity index (χ2n) is 4.72. The molecule has 1 fully saturated rings. The number of hydrogen-bond acceptors (Lipinski definition) is 3. The molecule has 0 radical (unpaired) electrons. The summed E-state index contributed by atoms with van der Waals surface area (Å²) in [5.41, 5.74) is 0. The van der Waals surface area contributed by atoms with E-state index in [1.54, 1.807) is 0 Å². The molecule has 0 heterocycles. The topological polar surface area (TPSA) is 32.3 Å². The first-order chi connectivity index (χ1) is 7.06. The van der Waals surface area contributed by atoms with Crippen LogP contribution < -0.4 is 5.32 Å². The molecule has 1 saturated carbocycles. The van der Waals surface area contributed by atoms with Gasteiger partial charge in [-0.3, -0.25) is 0 Å². The van der Waals surface area contributed by atoms with Gasteiger partial charge in [0, 0.05) is 16.5 Å². The van der Waals surface area contributed by atoms with E-state index in [-0.39, 0.29) is 6.10 Å². The van der Waals surface area contributed by atoms with Crippen molar-refractivity contribution >= 4 is 11.8 Å². The normalized spacial score (nSPS) is 35.4. The summed E-state index contributed by atoms with van der Waals surface area (Å²) in [6.07, 6.45) is 2.39. The molecule has 5 unspecified atom stereocenters. The fourth-order valence-corrected chi connectivity index (χ4v) is 3.75. The number of hydrogen-bond donors (Lipinski definition) is 2. The molecule has 0 amide bonds. The molecule has 0 bridgehead atoms. The molecule has 2 nitrogen and oxygen atoms in total. The Morgan fingerprint density at radius 2 is 2.07 bits per heavy atom. The maximum absolute atomic E-state index is 9.50. The molecule has 5 atom stereocenters. The monoisotopic (exact) mass is 231 g/mol. The molecule has 0 aromatic rings. The predicted molar refractivity (Wildman–Crippen MR) is 68.4 cm³/mol. The lowest BCUT2D eigenvalue weighted by molar-refractivity contribution is 0.196.